The number of rotatable bonds is 4. The summed E-state index contributed by atoms with van der Waals surface area (Å²) in [7, 11) is 0. The maximum Gasteiger partial charge on any atom is 0.265 e. The van der Waals surface area contributed by atoms with E-state index in [4.69, 9.17) is 4.74 Å². The van der Waals surface area contributed by atoms with Crippen LogP contribution in [0.2, 0.25) is 0 Å². The molecule has 1 saturated heterocycles. The monoisotopic (exact) mass is 302 g/mol. The second-order valence-corrected chi connectivity index (χ2v) is 6.89. The topological polar surface area (TPSA) is 41.6 Å². The quantitative estimate of drug-likeness (QED) is 0.929. The molecule has 2 aliphatic rings. The molecule has 120 valence electrons. The molecule has 0 aliphatic carbocycles. The lowest BCUT2D eigenvalue weighted by atomic mass is 9.90. The molecule has 2 heterocycles. The van der Waals surface area contributed by atoms with Crippen molar-refractivity contribution in [3.63, 3.8) is 0 Å². The first-order valence-corrected chi connectivity index (χ1v) is 8.40. The summed E-state index contributed by atoms with van der Waals surface area (Å²) >= 11 is 0. The van der Waals surface area contributed by atoms with E-state index in [2.05, 4.69) is 31.3 Å². The highest BCUT2D eigenvalue weighted by atomic mass is 16.5. The molecule has 1 amide bonds. The number of anilines is 1. The van der Waals surface area contributed by atoms with Gasteiger partial charge in [0.15, 0.2) is 6.61 Å². The lowest BCUT2D eigenvalue weighted by Crippen LogP contribution is -2.41. The SMILES string of the molecule is CC(C)CN1C(=O)COc2ccc(CC3CCNCC3)cc21. The van der Waals surface area contributed by atoms with Gasteiger partial charge in [0, 0.05) is 6.54 Å². The Morgan fingerprint density at radius 2 is 2.09 bits per heavy atom. The zero-order chi connectivity index (χ0) is 15.5. The molecule has 0 bridgehead atoms. The van der Waals surface area contributed by atoms with E-state index in [9.17, 15) is 4.79 Å². The Balaban J connectivity index is 1.80. The first-order valence-electron chi connectivity index (χ1n) is 8.40. The van der Waals surface area contributed by atoms with Crippen LogP contribution >= 0.6 is 0 Å². The highest BCUT2D eigenvalue weighted by molar-refractivity contribution is 5.97. The third-order valence-electron chi connectivity index (χ3n) is 4.50. The molecule has 1 aromatic carbocycles. The van der Waals surface area contributed by atoms with Crippen LogP contribution in [-0.2, 0) is 11.2 Å². The Morgan fingerprint density at radius 3 is 2.82 bits per heavy atom. The Kier molecular flexibility index (Phi) is 4.67. The summed E-state index contributed by atoms with van der Waals surface area (Å²) in [5.41, 5.74) is 2.27. The number of hydrogen-bond acceptors (Lipinski definition) is 3. The number of piperidine rings is 1. The normalized spacial score (nSPS) is 19.2. The third-order valence-corrected chi connectivity index (χ3v) is 4.50. The van der Waals surface area contributed by atoms with Crippen molar-refractivity contribution in [1.82, 2.24) is 5.32 Å². The minimum atomic E-state index is 0.0696. The fraction of sp³-hybridized carbons (Fsp3) is 0.611. The number of nitrogens with zero attached hydrogens (tertiary/aromatic N) is 1. The van der Waals surface area contributed by atoms with Crippen LogP contribution in [0.4, 0.5) is 5.69 Å². The fourth-order valence-electron chi connectivity index (χ4n) is 3.36. The molecule has 0 atom stereocenters. The summed E-state index contributed by atoms with van der Waals surface area (Å²) in [6.45, 7) is 7.44. The number of carbonyl (C=O) groups excluding carboxylic acids is 1. The maximum atomic E-state index is 12.2. The van der Waals surface area contributed by atoms with Crippen LogP contribution < -0.4 is 15.0 Å². The number of hydrogen-bond donors (Lipinski definition) is 1. The molecular weight excluding hydrogens is 276 g/mol. The highest BCUT2D eigenvalue weighted by Crippen LogP contribution is 2.34. The molecule has 1 N–H and O–H groups in total. The predicted octanol–water partition coefficient (Wildman–Crippen LogP) is 2.61. The van der Waals surface area contributed by atoms with Gasteiger partial charge in [-0.15, -0.1) is 0 Å². The van der Waals surface area contributed by atoms with Crippen LogP contribution in [0.3, 0.4) is 0 Å². The zero-order valence-electron chi connectivity index (χ0n) is 13.6. The van der Waals surface area contributed by atoms with Crippen molar-refractivity contribution in [1.29, 1.82) is 0 Å². The van der Waals surface area contributed by atoms with Gasteiger partial charge in [-0.1, -0.05) is 19.9 Å². The average Bonchev–Trinajstić information content (AvgIpc) is 2.51. The van der Waals surface area contributed by atoms with E-state index in [0.29, 0.717) is 5.92 Å². The summed E-state index contributed by atoms with van der Waals surface area (Å²) in [5, 5.41) is 3.41. The van der Waals surface area contributed by atoms with E-state index in [0.717, 1.165) is 43.4 Å². The number of carbonyl (C=O) groups is 1. The van der Waals surface area contributed by atoms with E-state index >= 15 is 0 Å². The van der Waals surface area contributed by atoms with Gasteiger partial charge < -0.3 is 15.0 Å². The maximum absolute atomic E-state index is 12.2. The van der Waals surface area contributed by atoms with E-state index in [1.165, 1.54) is 18.4 Å². The van der Waals surface area contributed by atoms with E-state index < -0.39 is 0 Å². The number of benzene rings is 1. The molecule has 22 heavy (non-hydrogen) atoms. The lowest BCUT2D eigenvalue weighted by molar-refractivity contribution is -0.121. The Hall–Kier alpha value is -1.55. The standard InChI is InChI=1S/C18H26N2O2/c1-13(2)11-20-16-10-15(9-14-5-7-19-8-6-14)3-4-17(16)22-12-18(20)21/h3-4,10,13-14,19H,5-9,11-12H2,1-2H3. The van der Waals surface area contributed by atoms with E-state index in [-0.39, 0.29) is 12.5 Å². The van der Waals surface area contributed by atoms with Crippen LogP contribution in [0.25, 0.3) is 0 Å². The predicted molar refractivity (Wildman–Crippen MR) is 88.4 cm³/mol. The lowest BCUT2D eigenvalue weighted by Gasteiger charge is -2.31. The molecule has 0 radical (unpaired) electrons. The van der Waals surface area contributed by atoms with E-state index in [1.54, 1.807) is 0 Å². The molecule has 0 aromatic heterocycles. The van der Waals surface area contributed by atoms with Crippen molar-refractivity contribution in [2.75, 3.05) is 31.1 Å². The summed E-state index contributed by atoms with van der Waals surface area (Å²) in [5.74, 6) is 2.11. The van der Waals surface area contributed by atoms with Gasteiger partial charge in [0.05, 0.1) is 5.69 Å². The largest absolute Gasteiger partial charge is 0.482 e. The molecule has 2 aliphatic heterocycles. The number of fused-ring (bicyclic) bond motifs is 1. The Labute approximate surface area is 132 Å². The van der Waals surface area contributed by atoms with Gasteiger partial charge in [-0.25, -0.2) is 0 Å². The minimum absolute atomic E-state index is 0.0696. The van der Waals surface area contributed by atoms with E-state index in [1.807, 2.05) is 11.0 Å². The van der Waals surface area contributed by atoms with Crippen LogP contribution in [0.5, 0.6) is 5.75 Å². The van der Waals surface area contributed by atoms with Crippen molar-refractivity contribution in [2.24, 2.45) is 11.8 Å². The number of nitrogens with one attached hydrogen (secondary N) is 1. The number of amides is 1. The molecule has 0 unspecified atom stereocenters. The summed E-state index contributed by atoms with van der Waals surface area (Å²) < 4.78 is 5.59. The Morgan fingerprint density at radius 1 is 1.32 bits per heavy atom. The molecule has 1 aromatic rings. The molecular formula is C18H26N2O2. The van der Waals surface area contributed by atoms with Crippen LogP contribution in [0.15, 0.2) is 18.2 Å². The molecule has 0 saturated carbocycles. The van der Waals surface area contributed by atoms with Gasteiger partial charge in [0.2, 0.25) is 0 Å². The smallest absolute Gasteiger partial charge is 0.265 e. The van der Waals surface area contributed by atoms with Gasteiger partial charge in [0.25, 0.3) is 5.91 Å². The third kappa shape index (κ3) is 3.43. The number of ether oxygens (including phenoxy) is 1. The fourth-order valence-corrected chi connectivity index (χ4v) is 3.36. The average molecular weight is 302 g/mol. The van der Waals surface area contributed by atoms with Crippen molar-refractivity contribution in [3.8, 4) is 5.75 Å². The van der Waals surface area contributed by atoms with Crippen LogP contribution in [0, 0.1) is 11.8 Å². The molecule has 4 nitrogen and oxygen atoms in total. The molecule has 4 heteroatoms. The summed E-state index contributed by atoms with van der Waals surface area (Å²) in [6.07, 6.45) is 3.57. The minimum Gasteiger partial charge on any atom is -0.482 e. The van der Waals surface area contributed by atoms with Crippen molar-refractivity contribution < 1.29 is 9.53 Å². The second-order valence-electron chi connectivity index (χ2n) is 6.89. The van der Waals surface area contributed by atoms with Crippen LogP contribution in [0.1, 0.15) is 32.3 Å². The van der Waals surface area contributed by atoms with Gasteiger partial charge in [-0.3, -0.25) is 4.79 Å². The van der Waals surface area contributed by atoms with Crippen LogP contribution in [-0.4, -0.2) is 32.1 Å². The Bertz CT molecular complexity index is 536. The molecule has 0 spiro atoms. The van der Waals surface area contributed by atoms with Crippen molar-refractivity contribution in [3.05, 3.63) is 23.8 Å². The molecule has 3 rings (SSSR count). The highest BCUT2D eigenvalue weighted by Gasteiger charge is 2.26. The van der Waals surface area contributed by atoms with Gasteiger partial charge in [-0.05, 0) is 61.9 Å². The molecule has 1 fully saturated rings. The first kappa shape index (κ1) is 15.3. The van der Waals surface area contributed by atoms with Crippen molar-refractivity contribution >= 4 is 11.6 Å². The second kappa shape index (κ2) is 6.69. The first-order chi connectivity index (χ1) is 10.6. The zero-order valence-corrected chi connectivity index (χ0v) is 13.6. The van der Waals surface area contributed by atoms with Gasteiger partial charge in [-0.2, -0.15) is 0 Å². The summed E-state index contributed by atoms with van der Waals surface area (Å²) in [6, 6.07) is 6.35. The summed E-state index contributed by atoms with van der Waals surface area (Å²) in [4.78, 5) is 14.1. The van der Waals surface area contributed by atoms with Crippen molar-refractivity contribution in [2.45, 2.75) is 33.1 Å². The van der Waals surface area contributed by atoms with Gasteiger partial charge in [0.1, 0.15) is 5.75 Å². The van der Waals surface area contributed by atoms with Gasteiger partial charge >= 0.3 is 0 Å².